The Kier molecular flexibility index (Phi) is 4.61. The van der Waals surface area contributed by atoms with Crippen LogP contribution in [0.5, 0.6) is 0 Å². The molecule has 0 N–H and O–H groups in total. The van der Waals surface area contributed by atoms with Gasteiger partial charge in [-0.3, -0.25) is 4.98 Å². The Hall–Kier alpha value is -2.62. The van der Waals surface area contributed by atoms with E-state index >= 15 is 0 Å². The van der Waals surface area contributed by atoms with Crippen LogP contribution in [0, 0.1) is 27.7 Å². The van der Waals surface area contributed by atoms with Crippen LogP contribution >= 0.6 is 0 Å². The lowest BCUT2D eigenvalue weighted by atomic mass is 9.88. The van der Waals surface area contributed by atoms with Crippen LogP contribution in [0.4, 0.5) is 13.2 Å². The fourth-order valence-electron chi connectivity index (χ4n) is 3.52. The van der Waals surface area contributed by atoms with Crippen LogP contribution in [0.2, 0.25) is 0 Å². The molecule has 0 saturated carbocycles. The van der Waals surface area contributed by atoms with Crippen molar-refractivity contribution in [2.24, 2.45) is 0 Å². The summed E-state index contributed by atoms with van der Waals surface area (Å²) < 4.78 is 40.6. The normalized spacial score (nSPS) is 11.7. The predicted octanol–water partition coefficient (Wildman–Crippen LogP) is 6.67. The van der Waals surface area contributed by atoms with Crippen molar-refractivity contribution < 1.29 is 13.2 Å². The quantitative estimate of drug-likeness (QED) is 0.500. The summed E-state index contributed by atoms with van der Waals surface area (Å²) in [5.41, 5.74) is 5.32. The van der Waals surface area contributed by atoms with Crippen LogP contribution in [0.25, 0.3) is 22.3 Å². The van der Waals surface area contributed by atoms with Gasteiger partial charge in [-0.1, -0.05) is 48.0 Å². The molecule has 2 aromatic carbocycles. The maximum atomic E-state index is 13.5. The molecule has 3 aromatic rings. The molecule has 1 heterocycles. The first-order valence-corrected chi connectivity index (χ1v) is 8.41. The topological polar surface area (TPSA) is 12.9 Å². The Morgan fingerprint density at radius 2 is 1.31 bits per heavy atom. The maximum absolute atomic E-state index is 13.5. The van der Waals surface area contributed by atoms with Gasteiger partial charge in [0.05, 0.1) is 5.56 Å². The van der Waals surface area contributed by atoms with E-state index in [-0.39, 0.29) is 5.56 Å². The maximum Gasteiger partial charge on any atom is 0.417 e. The number of rotatable bonds is 2. The average Bonchev–Trinajstić information content (AvgIpc) is 2.56. The molecular formula is C22H20F3N. The lowest BCUT2D eigenvalue weighted by molar-refractivity contribution is -0.137. The Balaban J connectivity index is 2.32. The molecule has 0 atom stereocenters. The zero-order valence-electron chi connectivity index (χ0n) is 15.2. The van der Waals surface area contributed by atoms with Gasteiger partial charge in [0, 0.05) is 22.5 Å². The molecule has 0 radical (unpaired) electrons. The summed E-state index contributed by atoms with van der Waals surface area (Å²) in [6, 6.07) is 13.7. The van der Waals surface area contributed by atoms with Gasteiger partial charge in [0.15, 0.2) is 0 Å². The Labute approximate surface area is 151 Å². The number of aryl methyl sites for hydroxylation is 3. The second-order valence-electron chi connectivity index (χ2n) is 6.57. The number of alkyl halides is 3. The summed E-state index contributed by atoms with van der Waals surface area (Å²) in [7, 11) is 0. The molecule has 0 amide bonds. The third-order valence-corrected chi connectivity index (χ3v) is 4.65. The van der Waals surface area contributed by atoms with Crippen LogP contribution < -0.4 is 0 Å². The van der Waals surface area contributed by atoms with Gasteiger partial charge in [0.2, 0.25) is 0 Å². The molecule has 0 bridgehead atoms. The minimum atomic E-state index is -4.41. The van der Waals surface area contributed by atoms with Gasteiger partial charge >= 0.3 is 6.18 Å². The number of hydrogen-bond acceptors (Lipinski definition) is 1. The van der Waals surface area contributed by atoms with Crippen LogP contribution in [-0.4, -0.2) is 4.98 Å². The van der Waals surface area contributed by atoms with E-state index in [1.54, 1.807) is 13.0 Å². The highest BCUT2D eigenvalue weighted by atomic mass is 19.4. The minimum Gasteiger partial charge on any atom is -0.257 e. The largest absolute Gasteiger partial charge is 0.417 e. The van der Waals surface area contributed by atoms with Crippen molar-refractivity contribution >= 4 is 0 Å². The molecule has 26 heavy (non-hydrogen) atoms. The predicted molar refractivity (Wildman–Crippen MR) is 99.1 cm³/mol. The molecule has 0 unspecified atom stereocenters. The SMILES string of the molecule is Cc1ccc(-c2c(C)nc(C)c(-c3ccccc3C(F)(F)F)c2C)cc1. The molecule has 134 valence electrons. The molecule has 0 aliphatic rings. The smallest absolute Gasteiger partial charge is 0.257 e. The average molecular weight is 355 g/mol. The minimum absolute atomic E-state index is 0.177. The lowest BCUT2D eigenvalue weighted by Crippen LogP contribution is -2.09. The Morgan fingerprint density at radius 3 is 1.92 bits per heavy atom. The van der Waals surface area contributed by atoms with Gasteiger partial charge in [0.25, 0.3) is 0 Å². The fraction of sp³-hybridized carbons (Fsp3) is 0.227. The van der Waals surface area contributed by atoms with Crippen LogP contribution in [0.3, 0.4) is 0 Å². The van der Waals surface area contributed by atoms with Crippen molar-refractivity contribution in [3.8, 4) is 22.3 Å². The number of pyridine rings is 1. The molecule has 0 fully saturated rings. The van der Waals surface area contributed by atoms with E-state index in [0.717, 1.165) is 34.0 Å². The van der Waals surface area contributed by atoms with Gasteiger partial charge in [-0.25, -0.2) is 0 Å². The van der Waals surface area contributed by atoms with Crippen molar-refractivity contribution in [3.05, 3.63) is 76.6 Å². The first kappa shape index (κ1) is 18.2. The van der Waals surface area contributed by atoms with Crippen molar-refractivity contribution in [3.63, 3.8) is 0 Å². The molecule has 4 heteroatoms. The highest BCUT2D eigenvalue weighted by molar-refractivity contribution is 5.82. The first-order valence-electron chi connectivity index (χ1n) is 8.41. The summed E-state index contributed by atoms with van der Waals surface area (Å²) >= 11 is 0. The molecule has 1 aromatic heterocycles. The van der Waals surface area contributed by atoms with E-state index in [1.807, 2.05) is 45.0 Å². The van der Waals surface area contributed by atoms with Gasteiger partial charge in [-0.2, -0.15) is 13.2 Å². The monoisotopic (exact) mass is 355 g/mol. The van der Waals surface area contributed by atoms with E-state index in [9.17, 15) is 13.2 Å². The molecule has 3 rings (SSSR count). The van der Waals surface area contributed by atoms with Crippen LogP contribution in [-0.2, 0) is 6.18 Å². The molecule has 0 saturated heterocycles. The van der Waals surface area contributed by atoms with Gasteiger partial charge in [0.1, 0.15) is 0 Å². The van der Waals surface area contributed by atoms with Gasteiger partial charge < -0.3 is 0 Å². The zero-order chi connectivity index (χ0) is 19.1. The van der Waals surface area contributed by atoms with Gasteiger partial charge in [-0.05, 0) is 50.5 Å². The molecular weight excluding hydrogens is 335 g/mol. The number of hydrogen-bond donors (Lipinski definition) is 0. The van der Waals surface area contributed by atoms with Crippen LogP contribution in [0.1, 0.15) is 28.1 Å². The standard InChI is InChI=1S/C22H20F3N/c1-13-9-11-17(12-10-13)20-14(2)21(16(4)26-15(20)3)18-7-5-6-8-19(18)22(23,24)25/h5-12H,1-4H3. The molecule has 1 nitrogen and oxygen atoms in total. The molecule has 0 aliphatic carbocycles. The third-order valence-electron chi connectivity index (χ3n) is 4.65. The van der Waals surface area contributed by atoms with E-state index < -0.39 is 11.7 Å². The summed E-state index contributed by atoms with van der Waals surface area (Å²) in [6.45, 7) is 7.54. The van der Waals surface area contributed by atoms with Gasteiger partial charge in [-0.15, -0.1) is 0 Å². The van der Waals surface area contributed by atoms with E-state index in [4.69, 9.17) is 0 Å². The number of nitrogens with zero attached hydrogens (tertiary/aromatic N) is 1. The Morgan fingerprint density at radius 1 is 0.731 bits per heavy atom. The second kappa shape index (κ2) is 6.60. The molecule has 0 aliphatic heterocycles. The van der Waals surface area contributed by atoms with Crippen molar-refractivity contribution in [2.45, 2.75) is 33.9 Å². The fourth-order valence-corrected chi connectivity index (χ4v) is 3.52. The van der Waals surface area contributed by atoms with E-state index in [0.29, 0.717) is 11.3 Å². The highest BCUT2D eigenvalue weighted by Gasteiger charge is 2.34. The highest BCUT2D eigenvalue weighted by Crippen LogP contribution is 2.41. The lowest BCUT2D eigenvalue weighted by Gasteiger charge is -2.20. The number of aromatic nitrogens is 1. The van der Waals surface area contributed by atoms with Crippen molar-refractivity contribution in [1.29, 1.82) is 0 Å². The van der Waals surface area contributed by atoms with Crippen molar-refractivity contribution in [1.82, 2.24) is 4.98 Å². The van der Waals surface area contributed by atoms with E-state index in [1.165, 1.54) is 12.1 Å². The van der Waals surface area contributed by atoms with Crippen LogP contribution in [0.15, 0.2) is 48.5 Å². The third kappa shape index (κ3) is 3.24. The zero-order valence-corrected chi connectivity index (χ0v) is 15.2. The van der Waals surface area contributed by atoms with Crippen molar-refractivity contribution in [2.75, 3.05) is 0 Å². The summed E-state index contributed by atoms with van der Waals surface area (Å²) in [4.78, 5) is 4.57. The second-order valence-corrected chi connectivity index (χ2v) is 6.57. The first-order chi connectivity index (χ1) is 12.2. The van der Waals surface area contributed by atoms with E-state index in [2.05, 4.69) is 4.98 Å². The summed E-state index contributed by atoms with van der Waals surface area (Å²) in [6.07, 6.45) is -4.41. The number of benzene rings is 2. The summed E-state index contributed by atoms with van der Waals surface area (Å²) in [5, 5.41) is 0. The summed E-state index contributed by atoms with van der Waals surface area (Å²) in [5.74, 6) is 0. The Bertz CT molecular complexity index is 954. The number of halogens is 3. The molecule has 0 spiro atoms.